The molecule has 3 nitrogen and oxygen atoms in total. The number of aryl methyl sites for hydroxylation is 1. The normalized spacial score (nSPS) is 11.3. The van der Waals surface area contributed by atoms with Crippen molar-refractivity contribution < 1.29 is 8.78 Å². The van der Waals surface area contributed by atoms with E-state index in [0.29, 0.717) is 12.2 Å². The third-order valence-electron chi connectivity index (χ3n) is 3.05. The molecule has 0 bridgehead atoms. The molecule has 0 spiro atoms. The first-order valence-corrected chi connectivity index (χ1v) is 6.28. The maximum absolute atomic E-state index is 13.8. The fraction of sp³-hybridized carbons (Fsp3) is 0.357. The SMILES string of the molecule is CCc1nc(-c2c(F)cccc2F)c(N)n1C(C)C. The third kappa shape index (κ3) is 2.20. The minimum absolute atomic E-state index is 0.0889. The topological polar surface area (TPSA) is 43.8 Å². The van der Waals surface area contributed by atoms with E-state index in [4.69, 9.17) is 5.73 Å². The minimum atomic E-state index is -0.650. The number of nitrogens with two attached hydrogens (primary N) is 1. The second-order valence-electron chi connectivity index (χ2n) is 4.68. The van der Waals surface area contributed by atoms with Gasteiger partial charge in [0, 0.05) is 12.5 Å². The number of imidazole rings is 1. The molecule has 2 rings (SSSR count). The summed E-state index contributed by atoms with van der Waals surface area (Å²) in [6, 6.07) is 3.83. The summed E-state index contributed by atoms with van der Waals surface area (Å²) in [7, 11) is 0. The lowest BCUT2D eigenvalue weighted by atomic mass is 10.1. The molecule has 2 aromatic rings. The van der Waals surface area contributed by atoms with Crippen LogP contribution < -0.4 is 5.73 Å². The molecule has 5 heteroatoms. The smallest absolute Gasteiger partial charge is 0.135 e. The number of benzene rings is 1. The van der Waals surface area contributed by atoms with Gasteiger partial charge in [0.15, 0.2) is 0 Å². The molecule has 0 saturated heterocycles. The lowest BCUT2D eigenvalue weighted by Crippen LogP contribution is -2.09. The number of hydrogen-bond acceptors (Lipinski definition) is 2. The largest absolute Gasteiger partial charge is 0.383 e. The van der Waals surface area contributed by atoms with Gasteiger partial charge in [-0.05, 0) is 26.0 Å². The second kappa shape index (κ2) is 4.99. The van der Waals surface area contributed by atoms with Gasteiger partial charge >= 0.3 is 0 Å². The van der Waals surface area contributed by atoms with E-state index in [9.17, 15) is 8.78 Å². The number of anilines is 1. The van der Waals surface area contributed by atoms with Gasteiger partial charge in [0.2, 0.25) is 0 Å². The number of halogens is 2. The van der Waals surface area contributed by atoms with E-state index in [1.54, 1.807) is 4.57 Å². The van der Waals surface area contributed by atoms with Crippen LogP contribution in [-0.4, -0.2) is 9.55 Å². The minimum Gasteiger partial charge on any atom is -0.383 e. The number of rotatable bonds is 3. The Labute approximate surface area is 111 Å². The summed E-state index contributed by atoms with van der Waals surface area (Å²) >= 11 is 0. The molecule has 0 radical (unpaired) electrons. The van der Waals surface area contributed by atoms with Crippen LogP contribution in [0.3, 0.4) is 0 Å². The molecule has 0 aliphatic carbocycles. The number of aromatic nitrogens is 2. The summed E-state index contributed by atoms with van der Waals surface area (Å²) in [5.74, 6) is -0.272. The van der Waals surface area contributed by atoms with Crippen molar-refractivity contribution in [2.75, 3.05) is 5.73 Å². The molecule has 0 fully saturated rings. The highest BCUT2D eigenvalue weighted by atomic mass is 19.1. The lowest BCUT2D eigenvalue weighted by Gasteiger charge is -2.12. The Balaban J connectivity index is 2.70. The van der Waals surface area contributed by atoms with Crippen molar-refractivity contribution in [1.82, 2.24) is 9.55 Å². The molecular formula is C14H17F2N3. The summed E-state index contributed by atoms with van der Waals surface area (Å²) in [4.78, 5) is 4.30. The van der Waals surface area contributed by atoms with Gasteiger partial charge in [0.25, 0.3) is 0 Å². The fourth-order valence-corrected chi connectivity index (χ4v) is 2.23. The Hall–Kier alpha value is -1.91. The first-order valence-electron chi connectivity index (χ1n) is 6.28. The first kappa shape index (κ1) is 13.5. The molecule has 0 aliphatic heterocycles. The van der Waals surface area contributed by atoms with Gasteiger partial charge in [-0.15, -0.1) is 0 Å². The fourth-order valence-electron chi connectivity index (χ4n) is 2.23. The van der Waals surface area contributed by atoms with Gasteiger partial charge in [-0.3, -0.25) is 0 Å². The van der Waals surface area contributed by atoms with Gasteiger partial charge in [0.1, 0.15) is 29.0 Å². The van der Waals surface area contributed by atoms with E-state index in [0.717, 1.165) is 5.82 Å². The maximum Gasteiger partial charge on any atom is 0.135 e. The van der Waals surface area contributed by atoms with E-state index < -0.39 is 11.6 Å². The van der Waals surface area contributed by atoms with Crippen molar-refractivity contribution in [3.63, 3.8) is 0 Å². The average Bonchev–Trinajstić information content (AvgIpc) is 2.66. The molecule has 0 saturated carbocycles. The third-order valence-corrected chi connectivity index (χ3v) is 3.05. The van der Waals surface area contributed by atoms with E-state index >= 15 is 0 Å². The van der Waals surface area contributed by atoms with Crippen molar-refractivity contribution in [2.24, 2.45) is 0 Å². The number of hydrogen-bond donors (Lipinski definition) is 1. The van der Waals surface area contributed by atoms with Gasteiger partial charge in [-0.25, -0.2) is 13.8 Å². The number of nitrogens with zero attached hydrogens (tertiary/aromatic N) is 2. The molecular weight excluding hydrogens is 248 g/mol. The van der Waals surface area contributed by atoms with Crippen molar-refractivity contribution in [1.29, 1.82) is 0 Å². The van der Waals surface area contributed by atoms with Gasteiger partial charge in [0.05, 0.1) is 5.56 Å². The van der Waals surface area contributed by atoms with Crippen molar-refractivity contribution in [3.8, 4) is 11.3 Å². The quantitative estimate of drug-likeness (QED) is 0.922. The predicted molar refractivity (Wildman–Crippen MR) is 71.8 cm³/mol. The highest BCUT2D eigenvalue weighted by Crippen LogP contribution is 2.32. The average molecular weight is 265 g/mol. The molecule has 1 aromatic carbocycles. The zero-order chi connectivity index (χ0) is 14.2. The molecule has 0 atom stereocenters. The second-order valence-corrected chi connectivity index (χ2v) is 4.68. The Bertz CT molecular complexity index is 583. The summed E-state index contributed by atoms with van der Waals surface area (Å²) in [6.07, 6.45) is 0.651. The summed E-state index contributed by atoms with van der Waals surface area (Å²) in [6.45, 7) is 5.85. The molecule has 0 aliphatic rings. The monoisotopic (exact) mass is 265 g/mol. The van der Waals surface area contributed by atoms with Gasteiger partial charge < -0.3 is 10.3 Å². The molecule has 19 heavy (non-hydrogen) atoms. The van der Waals surface area contributed by atoms with E-state index in [-0.39, 0.29) is 17.3 Å². The van der Waals surface area contributed by atoms with Crippen molar-refractivity contribution >= 4 is 5.82 Å². The van der Waals surface area contributed by atoms with Crippen molar-refractivity contribution in [3.05, 3.63) is 35.7 Å². The van der Waals surface area contributed by atoms with Crippen LogP contribution in [-0.2, 0) is 6.42 Å². The molecule has 2 N–H and O–H groups in total. The maximum atomic E-state index is 13.8. The van der Waals surface area contributed by atoms with Crippen LogP contribution in [0.15, 0.2) is 18.2 Å². The van der Waals surface area contributed by atoms with E-state index in [1.807, 2.05) is 20.8 Å². The van der Waals surface area contributed by atoms with Crippen LogP contribution in [0.2, 0.25) is 0 Å². The summed E-state index contributed by atoms with van der Waals surface area (Å²) < 4.78 is 29.4. The first-order chi connectivity index (χ1) is 8.97. The molecule has 1 aromatic heterocycles. The van der Waals surface area contributed by atoms with E-state index in [1.165, 1.54) is 18.2 Å². The van der Waals surface area contributed by atoms with Crippen molar-refractivity contribution in [2.45, 2.75) is 33.2 Å². The summed E-state index contributed by atoms with van der Waals surface area (Å²) in [5.41, 5.74) is 6.04. The van der Waals surface area contributed by atoms with Crippen LogP contribution in [0.4, 0.5) is 14.6 Å². The predicted octanol–water partition coefficient (Wildman–Crippen LogP) is 3.55. The Morgan fingerprint density at radius 2 is 1.84 bits per heavy atom. The summed E-state index contributed by atoms with van der Waals surface area (Å²) in [5, 5.41) is 0. The zero-order valence-electron chi connectivity index (χ0n) is 11.2. The van der Waals surface area contributed by atoms with Gasteiger partial charge in [-0.1, -0.05) is 13.0 Å². The molecule has 102 valence electrons. The zero-order valence-corrected chi connectivity index (χ0v) is 11.2. The number of nitrogen functional groups attached to an aromatic ring is 1. The Morgan fingerprint density at radius 1 is 1.26 bits per heavy atom. The molecule has 1 heterocycles. The lowest BCUT2D eigenvalue weighted by molar-refractivity contribution is 0.578. The van der Waals surface area contributed by atoms with Gasteiger partial charge in [-0.2, -0.15) is 0 Å². The van der Waals surface area contributed by atoms with Crippen LogP contribution in [0.5, 0.6) is 0 Å². The standard InChI is InChI=1S/C14H17F2N3/c1-4-11-18-13(14(17)19(11)8(2)3)12-9(15)6-5-7-10(12)16/h5-8H,4,17H2,1-3H3. The van der Waals surface area contributed by atoms with E-state index in [2.05, 4.69) is 4.98 Å². The van der Waals surface area contributed by atoms with Crippen LogP contribution in [0, 0.1) is 11.6 Å². The van der Waals surface area contributed by atoms with Crippen LogP contribution in [0.1, 0.15) is 32.6 Å². The molecule has 0 amide bonds. The Morgan fingerprint density at radius 3 is 2.26 bits per heavy atom. The highest BCUT2D eigenvalue weighted by molar-refractivity contribution is 5.72. The van der Waals surface area contributed by atoms with Crippen LogP contribution >= 0.6 is 0 Å². The highest BCUT2D eigenvalue weighted by Gasteiger charge is 2.21. The Kier molecular flexibility index (Phi) is 3.55. The van der Waals surface area contributed by atoms with Crippen LogP contribution in [0.25, 0.3) is 11.3 Å². The molecule has 0 unspecified atom stereocenters.